The Morgan fingerprint density at radius 1 is 1.07 bits per heavy atom. The van der Waals surface area contributed by atoms with E-state index in [9.17, 15) is 18.4 Å². The van der Waals surface area contributed by atoms with E-state index in [-0.39, 0.29) is 12.4 Å². The minimum absolute atomic E-state index is 0.0374. The molecule has 2 N–H and O–H groups in total. The Balaban J connectivity index is 2.24. The van der Waals surface area contributed by atoms with E-state index in [1.165, 1.54) is 39.3 Å². The highest BCUT2D eigenvalue weighted by molar-refractivity contribution is 5.97. The van der Waals surface area contributed by atoms with Crippen molar-refractivity contribution in [3.63, 3.8) is 0 Å². The van der Waals surface area contributed by atoms with Crippen molar-refractivity contribution in [1.29, 1.82) is 0 Å². The number of carbonyl (C=O) groups excluding carboxylic acids is 2. The Labute approximate surface area is 167 Å². The quantitative estimate of drug-likeness (QED) is 0.666. The molecular weight excluding hydrogens is 386 g/mol. The number of amides is 2. The van der Waals surface area contributed by atoms with Gasteiger partial charge in [0.15, 0.2) is 0 Å². The summed E-state index contributed by atoms with van der Waals surface area (Å²) in [7, 11) is 2.89. The highest BCUT2D eigenvalue weighted by Crippen LogP contribution is 2.34. The zero-order valence-electron chi connectivity index (χ0n) is 16.2. The molecule has 0 saturated carbocycles. The number of benzene rings is 2. The summed E-state index contributed by atoms with van der Waals surface area (Å²) < 4.78 is 39.9. The van der Waals surface area contributed by atoms with Crippen LogP contribution in [0, 0.1) is 0 Å². The lowest BCUT2D eigenvalue weighted by Gasteiger charge is -2.16. The second-order valence-electron chi connectivity index (χ2n) is 6.03. The summed E-state index contributed by atoms with van der Waals surface area (Å²) in [5, 5.41) is 5.12. The summed E-state index contributed by atoms with van der Waals surface area (Å²) in [5.74, 6) is -0.341. The predicted molar refractivity (Wildman–Crippen MR) is 103 cm³/mol. The fourth-order valence-electron chi connectivity index (χ4n) is 2.53. The van der Waals surface area contributed by atoms with Gasteiger partial charge in [-0.2, -0.15) is 8.78 Å². The number of ether oxygens (including phenoxy) is 3. The molecule has 0 saturated heterocycles. The first-order valence-corrected chi connectivity index (χ1v) is 8.66. The molecule has 0 spiro atoms. The first kappa shape index (κ1) is 22.1. The summed E-state index contributed by atoms with van der Waals surface area (Å²) in [6.07, 6.45) is 0. The third-order valence-electron chi connectivity index (χ3n) is 3.91. The minimum Gasteiger partial charge on any atom is -0.497 e. The molecule has 2 rings (SSSR count). The van der Waals surface area contributed by atoms with E-state index in [4.69, 9.17) is 9.47 Å². The van der Waals surface area contributed by atoms with Gasteiger partial charge in [-0.3, -0.25) is 9.59 Å². The Bertz CT molecular complexity index is 843. The molecule has 29 heavy (non-hydrogen) atoms. The number of halogens is 2. The van der Waals surface area contributed by atoms with E-state index >= 15 is 0 Å². The second-order valence-corrected chi connectivity index (χ2v) is 6.03. The van der Waals surface area contributed by atoms with Crippen molar-refractivity contribution in [2.24, 2.45) is 0 Å². The highest BCUT2D eigenvalue weighted by atomic mass is 19.3. The molecule has 156 valence electrons. The molecule has 7 nitrogen and oxygen atoms in total. The highest BCUT2D eigenvalue weighted by Gasteiger charge is 2.17. The number of anilines is 1. The summed E-state index contributed by atoms with van der Waals surface area (Å²) >= 11 is 0. The first-order valence-electron chi connectivity index (χ1n) is 8.66. The van der Waals surface area contributed by atoms with Gasteiger partial charge >= 0.3 is 6.61 Å². The summed E-state index contributed by atoms with van der Waals surface area (Å²) in [4.78, 5) is 23.8. The first-order chi connectivity index (χ1) is 13.8. The van der Waals surface area contributed by atoms with E-state index in [2.05, 4.69) is 15.4 Å². The lowest BCUT2D eigenvalue weighted by atomic mass is 10.0. The van der Waals surface area contributed by atoms with Crippen molar-refractivity contribution in [1.82, 2.24) is 5.32 Å². The van der Waals surface area contributed by atoms with Crippen LogP contribution < -0.4 is 20.1 Å². The van der Waals surface area contributed by atoms with Crippen LogP contribution >= 0.6 is 0 Å². The summed E-state index contributed by atoms with van der Waals surface area (Å²) in [5.41, 5.74) is 1.32. The molecule has 2 aromatic rings. The molecule has 0 aromatic heterocycles. The van der Waals surface area contributed by atoms with Crippen molar-refractivity contribution >= 4 is 17.5 Å². The van der Waals surface area contributed by atoms with Crippen LogP contribution in [0.2, 0.25) is 0 Å². The molecular formula is C20H22F2N2O5. The maximum Gasteiger partial charge on any atom is 0.387 e. The SMILES string of the molecule is COCC(=O)N[C@@H](C)C(=O)Nc1ccc(OC(F)F)c(-c2ccc(OC)cc2)c1. The normalized spacial score (nSPS) is 11.7. The molecule has 0 aliphatic rings. The van der Waals surface area contributed by atoms with Gasteiger partial charge in [0.2, 0.25) is 11.8 Å². The second kappa shape index (κ2) is 10.4. The van der Waals surface area contributed by atoms with Crippen molar-refractivity contribution in [2.45, 2.75) is 19.6 Å². The maximum absolute atomic E-state index is 12.8. The van der Waals surface area contributed by atoms with Gasteiger partial charge in [-0.1, -0.05) is 12.1 Å². The van der Waals surface area contributed by atoms with Crippen molar-refractivity contribution in [2.75, 3.05) is 26.1 Å². The average molecular weight is 408 g/mol. The van der Waals surface area contributed by atoms with Crippen LogP contribution in [0.5, 0.6) is 11.5 Å². The molecule has 0 heterocycles. The summed E-state index contributed by atoms with van der Waals surface area (Å²) in [6, 6.07) is 10.2. The standard InChI is InChI=1S/C20H22F2N2O5/c1-12(23-18(25)11-27-2)19(26)24-14-6-9-17(29-20(21)22)16(10-14)13-4-7-15(28-3)8-5-13/h4-10,12,20H,11H2,1-3H3,(H,23,25)(H,24,26)/t12-/m0/s1. The van der Waals surface area contributed by atoms with Gasteiger partial charge < -0.3 is 24.8 Å². The molecule has 2 aromatic carbocycles. The Kier molecular flexibility index (Phi) is 7.90. The predicted octanol–water partition coefficient (Wildman–Crippen LogP) is 3.05. The molecule has 0 fully saturated rings. The number of nitrogens with one attached hydrogen (secondary N) is 2. The Hall–Kier alpha value is -3.20. The van der Waals surface area contributed by atoms with Gasteiger partial charge in [-0.25, -0.2) is 0 Å². The molecule has 0 aliphatic carbocycles. The number of rotatable bonds is 9. The molecule has 9 heteroatoms. The van der Waals surface area contributed by atoms with Crippen LogP contribution in [-0.4, -0.2) is 45.3 Å². The van der Waals surface area contributed by atoms with Crippen molar-refractivity contribution in [3.05, 3.63) is 42.5 Å². The van der Waals surface area contributed by atoms with Crippen molar-refractivity contribution < 1.29 is 32.6 Å². The van der Waals surface area contributed by atoms with Crippen LogP contribution in [0.15, 0.2) is 42.5 Å². The minimum atomic E-state index is -3.00. The number of methoxy groups -OCH3 is 2. The summed E-state index contributed by atoms with van der Waals surface area (Å²) in [6.45, 7) is -1.65. The van der Waals surface area contributed by atoms with Gasteiger partial charge in [-0.05, 0) is 42.8 Å². The van der Waals surface area contributed by atoms with E-state index in [0.717, 1.165) is 0 Å². The Morgan fingerprint density at radius 2 is 1.76 bits per heavy atom. The lowest BCUT2D eigenvalue weighted by molar-refractivity contribution is -0.128. The van der Waals surface area contributed by atoms with Gasteiger partial charge in [0.1, 0.15) is 24.1 Å². The largest absolute Gasteiger partial charge is 0.497 e. The van der Waals surface area contributed by atoms with Crippen molar-refractivity contribution in [3.8, 4) is 22.6 Å². The molecule has 0 radical (unpaired) electrons. The van der Waals surface area contributed by atoms with E-state index in [0.29, 0.717) is 22.6 Å². The number of hydrogen-bond acceptors (Lipinski definition) is 5. The van der Waals surface area contributed by atoms with Crippen LogP contribution in [0.4, 0.5) is 14.5 Å². The van der Waals surface area contributed by atoms with E-state index in [1.54, 1.807) is 24.3 Å². The number of carbonyl (C=O) groups is 2. The number of alkyl halides is 2. The van der Waals surface area contributed by atoms with Crippen LogP contribution in [0.3, 0.4) is 0 Å². The third kappa shape index (κ3) is 6.42. The van der Waals surface area contributed by atoms with E-state index in [1.807, 2.05) is 0 Å². The van der Waals surface area contributed by atoms with Gasteiger partial charge in [0, 0.05) is 18.4 Å². The zero-order chi connectivity index (χ0) is 21.4. The number of hydrogen-bond donors (Lipinski definition) is 2. The van der Waals surface area contributed by atoms with Gasteiger partial charge in [-0.15, -0.1) is 0 Å². The molecule has 0 bridgehead atoms. The molecule has 1 atom stereocenters. The van der Waals surface area contributed by atoms with Gasteiger partial charge in [0.25, 0.3) is 0 Å². The fourth-order valence-corrected chi connectivity index (χ4v) is 2.53. The van der Waals surface area contributed by atoms with Crippen LogP contribution in [0.1, 0.15) is 6.92 Å². The lowest BCUT2D eigenvalue weighted by Crippen LogP contribution is -2.43. The Morgan fingerprint density at radius 3 is 2.34 bits per heavy atom. The molecule has 0 unspecified atom stereocenters. The van der Waals surface area contributed by atoms with Crippen LogP contribution in [-0.2, 0) is 14.3 Å². The van der Waals surface area contributed by atoms with E-state index < -0.39 is 24.5 Å². The monoisotopic (exact) mass is 408 g/mol. The zero-order valence-corrected chi connectivity index (χ0v) is 16.2. The molecule has 2 amide bonds. The maximum atomic E-state index is 12.8. The van der Waals surface area contributed by atoms with Crippen LogP contribution in [0.25, 0.3) is 11.1 Å². The van der Waals surface area contributed by atoms with Gasteiger partial charge in [0.05, 0.1) is 7.11 Å². The smallest absolute Gasteiger partial charge is 0.387 e. The average Bonchev–Trinajstić information content (AvgIpc) is 2.69. The topological polar surface area (TPSA) is 85.9 Å². The third-order valence-corrected chi connectivity index (χ3v) is 3.91. The molecule has 0 aliphatic heterocycles. The fraction of sp³-hybridized carbons (Fsp3) is 0.300.